The number of hydrogen-bond donors (Lipinski definition) is 0. The van der Waals surface area contributed by atoms with Gasteiger partial charge in [-0.1, -0.05) is 13.8 Å². The molecule has 0 atom stereocenters. The van der Waals surface area contributed by atoms with Gasteiger partial charge in [0.15, 0.2) is 0 Å². The maximum atomic E-state index is 9.15. The molecule has 0 aromatic carbocycles. The van der Waals surface area contributed by atoms with Gasteiger partial charge in [0.25, 0.3) is 0 Å². The highest BCUT2D eigenvalue weighted by atomic mass is 15.2. The number of likely N-dealkylation sites (tertiary alicyclic amines) is 1. The molecule has 12 heavy (non-hydrogen) atoms. The molecule has 0 saturated carbocycles. The average Bonchev–Trinajstić information content (AvgIpc) is 2.62. The second kappa shape index (κ2) is 3.91. The van der Waals surface area contributed by atoms with Gasteiger partial charge in [-0.25, -0.2) is 0 Å². The molecule has 1 heterocycles. The van der Waals surface area contributed by atoms with E-state index in [1.807, 2.05) is 0 Å². The Kier molecular flexibility index (Phi) is 3.11. The molecule has 0 N–H and O–H groups in total. The summed E-state index contributed by atoms with van der Waals surface area (Å²) in [6.45, 7) is 6.47. The van der Waals surface area contributed by atoms with Gasteiger partial charge in [-0.05, 0) is 38.8 Å². The summed E-state index contributed by atoms with van der Waals surface area (Å²) in [7, 11) is 0. The van der Waals surface area contributed by atoms with Crippen LogP contribution >= 0.6 is 0 Å². The SMILES string of the molecule is CCC(C#N)(CC)N1CCCC1. The fraction of sp³-hybridized carbons (Fsp3) is 0.900. The Morgan fingerprint density at radius 1 is 1.25 bits per heavy atom. The van der Waals surface area contributed by atoms with Crippen LogP contribution in [0.15, 0.2) is 0 Å². The predicted molar refractivity (Wildman–Crippen MR) is 49.7 cm³/mol. The van der Waals surface area contributed by atoms with Crippen molar-refractivity contribution in [1.82, 2.24) is 4.90 Å². The molecule has 1 rings (SSSR count). The molecule has 0 amide bonds. The third kappa shape index (κ3) is 1.47. The van der Waals surface area contributed by atoms with Crippen LogP contribution in [0.4, 0.5) is 0 Å². The maximum Gasteiger partial charge on any atom is 0.108 e. The Balaban J connectivity index is 2.70. The molecule has 1 saturated heterocycles. The van der Waals surface area contributed by atoms with E-state index in [4.69, 9.17) is 5.26 Å². The van der Waals surface area contributed by atoms with Crippen molar-refractivity contribution in [2.75, 3.05) is 13.1 Å². The summed E-state index contributed by atoms with van der Waals surface area (Å²) in [5.74, 6) is 0. The van der Waals surface area contributed by atoms with E-state index in [0.29, 0.717) is 0 Å². The number of hydrogen-bond acceptors (Lipinski definition) is 2. The van der Waals surface area contributed by atoms with E-state index in [0.717, 1.165) is 25.9 Å². The minimum absolute atomic E-state index is 0.156. The summed E-state index contributed by atoms with van der Waals surface area (Å²) in [4.78, 5) is 2.35. The van der Waals surface area contributed by atoms with E-state index in [1.54, 1.807) is 0 Å². The van der Waals surface area contributed by atoms with E-state index in [-0.39, 0.29) is 5.54 Å². The highest BCUT2D eigenvalue weighted by Crippen LogP contribution is 2.26. The van der Waals surface area contributed by atoms with Gasteiger partial charge in [-0.3, -0.25) is 4.90 Å². The molecule has 0 aliphatic carbocycles. The van der Waals surface area contributed by atoms with Crippen molar-refractivity contribution in [3.05, 3.63) is 0 Å². The second-order valence-electron chi connectivity index (χ2n) is 3.54. The highest BCUT2D eigenvalue weighted by molar-refractivity contribution is 5.07. The summed E-state index contributed by atoms with van der Waals surface area (Å²) in [5.41, 5.74) is -0.156. The van der Waals surface area contributed by atoms with E-state index in [1.165, 1.54) is 12.8 Å². The zero-order valence-corrected chi connectivity index (χ0v) is 8.14. The molecule has 2 heteroatoms. The molecule has 0 unspecified atom stereocenters. The van der Waals surface area contributed by atoms with Gasteiger partial charge >= 0.3 is 0 Å². The molecule has 0 bridgehead atoms. The molecule has 1 aliphatic rings. The van der Waals surface area contributed by atoms with Crippen molar-refractivity contribution in [3.63, 3.8) is 0 Å². The lowest BCUT2D eigenvalue weighted by atomic mass is 9.93. The first kappa shape index (κ1) is 9.54. The van der Waals surface area contributed by atoms with E-state index in [9.17, 15) is 0 Å². The Hall–Kier alpha value is -0.550. The molecule has 0 aromatic rings. The lowest BCUT2D eigenvalue weighted by molar-refractivity contribution is 0.162. The quantitative estimate of drug-likeness (QED) is 0.642. The molecular formula is C10H18N2. The van der Waals surface area contributed by atoms with Gasteiger partial charge in [-0.2, -0.15) is 5.26 Å². The van der Waals surface area contributed by atoms with Crippen molar-refractivity contribution in [2.45, 2.75) is 45.1 Å². The van der Waals surface area contributed by atoms with Crippen LogP contribution < -0.4 is 0 Å². The maximum absolute atomic E-state index is 9.15. The zero-order chi connectivity index (χ0) is 9.03. The first-order valence-electron chi connectivity index (χ1n) is 4.95. The van der Waals surface area contributed by atoms with Gasteiger partial charge in [0, 0.05) is 0 Å². The predicted octanol–water partition coefficient (Wildman–Crippen LogP) is 2.16. The fourth-order valence-corrected chi connectivity index (χ4v) is 2.07. The lowest BCUT2D eigenvalue weighted by Gasteiger charge is -2.34. The van der Waals surface area contributed by atoms with Crippen LogP contribution in [0.3, 0.4) is 0 Å². The van der Waals surface area contributed by atoms with Crippen LogP contribution in [0, 0.1) is 11.3 Å². The molecule has 0 radical (unpaired) electrons. The number of nitriles is 1. The van der Waals surface area contributed by atoms with Gasteiger partial charge in [-0.15, -0.1) is 0 Å². The van der Waals surface area contributed by atoms with Gasteiger partial charge in [0.1, 0.15) is 5.54 Å². The van der Waals surface area contributed by atoms with Crippen molar-refractivity contribution < 1.29 is 0 Å². The first-order chi connectivity index (χ1) is 5.79. The molecule has 68 valence electrons. The standard InChI is InChI=1S/C10H18N2/c1-3-10(4-2,9-11)12-7-5-6-8-12/h3-8H2,1-2H3. The van der Waals surface area contributed by atoms with Crippen LogP contribution in [0.5, 0.6) is 0 Å². The van der Waals surface area contributed by atoms with Crippen molar-refractivity contribution in [1.29, 1.82) is 5.26 Å². The second-order valence-corrected chi connectivity index (χ2v) is 3.54. The largest absolute Gasteiger partial charge is 0.286 e. The smallest absolute Gasteiger partial charge is 0.108 e. The van der Waals surface area contributed by atoms with Crippen LogP contribution in [0.2, 0.25) is 0 Å². The van der Waals surface area contributed by atoms with Crippen molar-refractivity contribution >= 4 is 0 Å². The van der Waals surface area contributed by atoms with Crippen LogP contribution in [-0.4, -0.2) is 23.5 Å². The Morgan fingerprint density at radius 3 is 2.08 bits per heavy atom. The molecular weight excluding hydrogens is 148 g/mol. The minimum Gasteiger partial charge on any atom is -0.286 e. The molecule has 2 nitrogen and oxygen atoms in total. The Labute approximate surface area is 75.2 Å². The van der Waals surface area contributed by atoms with Gasteiger partial charge in [0.05, 0.1) is 6.07 Å². The van der Waals surface area contributed by atoms with E-state index < -0.39 is 0 Å². The summed E-state index contributed by atoms with van der Waals surface area (Å²) in [6.07, 6.45) is 4.45. The number of nitrogens with zero attached hydrogens (tertiary/aromatic N) is 2. The van der Waals surface area contributed by atoms with Crippen molar-refractivity contribution in [2.24, 2.45) is 0 Å². The molecule has 1 aliphatic heterocycles. The third-order valence-electron chi connectivity index (χ3n) is 3.09. The monoisotopic (exact) mass is 166 g/mol. The first-order valence-corrected chi connectivity index (χ1v) is 4.95. The van der Waals surface area contributed by atoms with Crippen LogP contribution in [0.1, 0.15) is 39.5 Å². The van der Waals surface area contributed by atoms with Crippen LogP contribution in [0.25, 0.3) is 0 Å². The Morgan fingerprint density at radius 2 is 1.75 bits per heavy atom. The average molecular weight is 166 g/mol. The minimum atomic E-state index is -0.156. The number of rotatable bonds is 3. The molecule has 0 spiro atoms. The summed E-state index contributed by atoms with van der Waals surface area (Å²) < 4.78 is 0. The van der Waals surface area contributed by atoms with E-state index in [2.05, 4.69) is 24.8 Å². The van der Waals surface area contributed by atoms with Crippen molar-refractivity contribution in [3.8, 4) is 6.07 Å². The summed E-state index contributed by atoms with van der Waals surface area (Å²) in [5, 5.41) is 9.15. The van der Waals surface area contributed by atoms with E-state index >= 15 is 0 Å². The zero-order valence-electron chi connectivity index (χ0n) is 8.14. The van der Waals surface area contributed by atoms with Gasteiger partial charge < -0.3 is 0 Å². The summed E-state index contributed by atoms with van der Waals surface area (Å²) >= 11 is 0. The van der Waals surface area contributed by atoms with Gasteiger partial charge in [0.2, 0.25) is 0 Å². The third-order valence-corrected chi connectivity index (χ3v) is 3.09. The highest BCUT2D eigenvalue weighted by Gasteiger charge is 2.34. The lowest BCUT2D eigenvalue weighted by Crippen LogP contribution is -2.44. The topological polar surface area (TPSA) is 27.0 Å². The normalized spacial score (nSPS) is 19.4. The van der Waals surface area contributed by atoms with Crippen LogP contribution in [-0.2, 0) is 0 Å². The summed E-state index contributed by atoms with van der Waals surface area (Å²) in [6, 6.07) is 2.48. The fourth-order valence-electron chi connectivity index (χ4n) is 2.07. The molecule has 1 fully saturated rings. The molecule has 0 aromatic heterocycles. The Bertz CT molecular complexity index is 171.